The quantitative estimate of drug-likeness (QED) is 0.351. The molecule has 0 aromatic carbocycles. The van der Waals surface area contributed by atoms with Crippen molar-refractivity contribution >= 4 is 11.9 Å². The van der Waals surface area contributed by atoms with Gasteiger partial charge in [-0.2, -0.15) is 0 Å². The Labute approximate surface area is 159 Å². The van der Waals surface area contributed by atoms with Crippen molar-refractivity contribution in [3.63, 3.8) is 0 Å². The highest BCUT2D eigenvalue weighted by atomic mass is 16.5. The van der Waals surface area contributed by atoms with Gasteiger partial charge in [-0.05, 0) is 25.5 Å². The number of carbonyl (C=O) groups excluding carboxylic acids is 1. The third kappa shape index (κ3) is 6.09. The number of nitrogens with one attached hydrogen (secondary N) is 3. The number of carbonyl (C=O) groups is 1. The summed E-state index contributed by atoms with van der Waals surface area (Å²) < 4.78 is 5.38. The lowest BCUT2D eigenvalue weighted by Crippen LogP contribution is -2.41. The number of aliphatic imine (C=N–C) groups is 1. The first-order chi connectivity index (χ1) is 13.2. The summed E-state index contributed by atoms with van der Waals surface area (Å²) >= 11 is 0. The van der Waals surface area contributed by atoms with Crippen molar-refractivity contribution in [1.82, 2.24) is 26.1 Å². The monoisotopic (exact) mass is 372 g/mol. The van der Waals surface area contributed by atoms with Crippen LogP contribution >= 0.6 is 0 Å². The molecule has 0 spiro atoms. The number of aryl methyl sites for hydroxylation is 2. The normalized spacial score (nSPS) is 11.3. The predicted octanol–water partition coefficient (Wildman–Crippen LogP) is 1.68. The van der Waals surface area contributed by atoms with Gasteiger partial charge in [0.15, 0.2) is 5.96 Å². The van der Waals surface area contributed by atoms with Gasteiger partial charge >= 0.3 is 0 Å². The fourth-order valence-electron chi connectivity index (χ4n) is 2.57. The van der Waals surface area contributed by atoms with Gasteiger partial charge in [0, 0.05) is 44.0 Å². The van der Waals surface area contributed by atoms with Crippen LogP contribution in [-0.2, 0) is 19.4 Å². The molecule has 0 unspecified atom stereocenters. The first kappa shape index (κ1) is 20.4. The molecule has 0 aliphatic rings. The van der Waals surface area contributed by atoms with Gasteiger partial charge in [-0.25, -0.2) is 4.99 Å². The maximum Gasteiger partial charge on any atom is 0.252 e. The molecule has 0 fully saturated rings. The number of nitrogens with zero attached hydrogens (tertiary/aromatic N) is 3. The van der Waals surface area contributed by atoms with Crippen LogP contribution in [0.2, 0.25) is 0 Å². The average molecular weight is 372 g/mol. The van der Waals surface area contributed by atoms with Crippen molar-refractivity contribution in [2.75, 3.05) is 19.6 Å². The summed E-state index contributed by atoms with van der Waals surface area (Å²) in [7, 11) is 0. The second-order valence-corrected chi connectivity index (χ2v) is 5.86. The molecule has 8 nitrogen and oxygen atoms in total. The van der Waals surface area contributed by atoms with Gasteiger partial charge in [0.05, 0.1) is 17.8 Å². The van der Waals surface area contributed by atoms with Crippen molar-refractivity contribution in [3.8, 4) is 0 Å². The van der Waals surface area contributed by atoms with Crippen molar-refractivity contribution in [3.05, 3.63) is 47.1 Å². The summed E-state index contributed by atoms with van der Waals surface area (Å²) in [6.45, 7) is 8.40. The number of rotatable bonds is 9. The van der Waals surface area contributed by atoms with E-state index < -0.39 is 0 Å². The first-order valence-corrected chi connectivity index (χ1v) is 9.36. The molecule has 0 aliphatic heterocycles. The molecule has 2 aromatic heterocycles. The van der Waals surface area contributed by atoms with E-state index in [0.29, 0.717) is 31.2 Å². The standard InChI is InChI=1S/C19H28N6O2/c1-4-16-15(17(5-2)27-25-16)13-24-19(21-6-3)23-11-10-22-18(26)14-8-7-9-20-12-14/h7-9,12H,4-6,10-11,13H2,1-3H3,(H,22,26)(H2,21,23,24). The van der Waals surface area contributed by atoms with E-state index in [1.165, 1.54) is 0 Å². The molecule has 1 amide bonds. The van der Waals surface area contributed by atoms with E-state index in [1.807, 2.05) is 13.8 Å². The van der Waals surface area contributed by atoms with Gasteiger partial charge in [0.2, 0.25) is 0 Å². The van der Waals surface area contributed by atoms with Gasteiger partial charge in [-0.1, -0.05) is 19.0 Å². The largest absolute Gasteiger partial charge is 0.361 e. The third-order valence-corrected chi connectivity index (χ3v) is 3.97. The molecule has 0 atom stereocenters. The summed E-state index contributed by atoms with van der Waals surface area (Å²) in [5.41, 5.74) is 2.56. The molecular weight excluding hydrogens is 344 g/mol. The molecule has 0 radical (unpaired) electrons. The number of hydrogen-bond acceptors (Lipinski definition) is 5. The van der Waals surface area contributed by atoms with Gasteiger partial charge in [0.25, 0.3) is 5.91 Å². The maximum atomic E-state index is 12.0. The van der Waals surface area contributed by atoms with Crippen LogP contribution < -0.4 is 16.0 Å². The van der Waals surface area contributed by atoms with Crippen molar-refractivity contribution in [1.29, 1.82) is 0 Å². The summed E-state index contributed by atoms with van der Waals surface area (Å²) in [6, 6.07) is 3.47. The topological polar surface area (TPSA) is 104 Å². The first-order valence-electron chi connectivity index (χ1n) is 9.36. The lowest BCUT2D eigenvalue weighted by Gasteiger charge is -2.12. The third-order valence-electron chi connectivity index (χ3n) is 3.97. The second kappa shape index (κ2) is 10.9. The Bertz CT molecular complexity index is 720. The fraction of sp³-hybridized carbons (Fsp3) is 0.474. The lowest BCUT2D eigenvalue weighted by molar-refractivity contribution is 0.0954. The van der Waals surface area contributed by atoms with Crippen molar-refractivity contribution in [2.24, 2.45) is 4.99 Å². The molecule has 3 N–H and O–H groups in total. The van der Waals surface area contributed by atoms with Crippen LogP contribution in [0.25, 0.3) is 0 Å². The molecule has 2 rings (SSSR count). The minimum Gasteiger partial charge on any atom is -0.361 e. The Balaban J connectivity index is 1.87. The van der Waals surface area contributed by atoms with Crippen molar-refractivity contribution in [2.45, 2.75) is 40.2 Å². The molecule has 2 heterocycles. The van der Waals surface area contributed by atoms with Crippen LogP contribution in [0, 0.1) is 0 Å². The molecule has 146 valence electrons. The van der Waals surface area contributed by atoms with Gasteiger partial charge in [-0.15, -0.1) is 0 Å². The van der Waals surface area contributed by atoms with Crippen LogP contribution in [0.4, 0.5) is 0 Å². The van der Waals surface area contributed by atoms with Gasteiger partial charge in [-0.3, -0.25) is 9.78 Å². The average Bonchev–Trinajstić information content (AvgIpc) is 3.11. The highest BCUT2D eigenvalue weighted by molar-refractivity contribution is 5.93. The smallest absolute Gasteiger partial charge is 0.252 e. The Morgan fingerprint density at radius 1 is 1.15 bits per heavy atom. The van der Waals surface area contributed by atoms with E-state index in [2.05, 4.69) is 38.0 Å². The number of hydrogen-bond donors (Lipinski definition) is 3. The summed E-state index contributed by atoms with van der Waals surface area (Å²) in [5, 5.41) is 13.4. The predicted molar refractivity (Wildman–Crippen MR) is 105 cm³/mol. The van der Waals surface area contributed by atoms with Crippen LogP contribution in [0.1, 0.15) is 48.1 Å². The zero-order chi connectivity index (χ0) is 19.5. The van der Waals surface area contributed by atoms with Gasteiger partial charge < -0.3 is 20.5 Å². The highest BCUT2D eigenvalue weighted by Gasteiger charge is 2.13. The van der Waals surface area contributed by atoms with Crippen LogP contribution in [-0.4, -0.2) is 41.6 Å². The van der Waals surface area contributed by atoms with E-state index in [1.54, 1.807) is 24.5 Å². The fourth-order valence-corrected chi connectivity index (χ4v) is 2.57. The van der Waals surface area contributed by atoms with Crippen LogP contribution in [0.15, 0.2) is 34.0 Å². The SMILES string of the molecule is CCNC(=NCc1c(CC)noc1CC)NCCNC(=O)c1cccnc1. The Kier molecular flexibility index (Phi) is 8.28. The molecule has 0 aliphatic carbocycles. The van der Waals surface area contributed by atoms with E-state index in [4.69, 9.17) is 4.52 Å². The Hall–Kier alpha value is -2.90. The minimum absolute atomic E-state index is 0.142. The summed E-state index contributed by atoms with van der Waals surface area (Å²) in [6.07, 6.45) is 4.80. The van der Waals surface area contributed by atoms with Crippen molar-refractivity contribution < 1.29 is 9.32 Å². The maximum absolute atomic E-state index is 12.0. The second-order valence-electron chi connectivity index (χ2n) is 5.86. The molecule has 0 bridgehead atoms. The number of aromatic nitrogens is 2. The zero-order valence-corrected chi connectivity index (χ0v) is 16.2. The van der Waals surface area contributed by atoms with Crippen LogP contribution in [0.5, 0.6) is 0 Å². The van der Waals surface area contributed by atoms with Crippen LogP contribution in [0.3, 0.4) is 0 Å². The van der Waals surface area contributed by atoms with E-state index in [0.717, 1.165) is 36.4 Å². The van der Waals surface area contributed by atoms with Gasteiger partial charge in [0.1, 0.15) is 5.76 Å². The molecule has 27 heavy (non-hydrogen) atoms. The van der Waals surface area contributed by atoms with E-state index in [9.17, 15) is 4.79 Å². The molecule has 2 aromatic rings. The summed E-state index contributed by atoms with van der Waals surface area (Å²) in [4.78, 5) is 20.6. The number of pyridine rings is 1. The number of guanidine groups is 1. The lowest BCUT2D eigenvalue weighted by atomic mass is 10.1. The molecular formula is C19H28N6O2. The number of amides is 1. The van der Waals surface area contributed by atoms with E-state index in [-0.39, 0.29) is 5.91 Å². The molecule has 0 saturated heterocycles. The Morgan fingerprint density at radius 3 is 2.63 bits per heavy atom. The van der Waals surface area contributed by atoms with E-state index >= 15 is 0 Å². The summed E-state index contributed by atoms with van der Waals surface area (Å²) in [5.74, 6) is 1.44. The molecule has 8 heteroatoms. The Morgan fingerprint density at radius 2 is 1.96 bits per heavy atom. The zero-order valence-electron chi connectivity index (χ0n) is 16.2. The molecule has 0 saturated carbocycles. The minimum atomic E-state index is -0.142. The highest BCUT2D eigenvalue weighted by Crippen LogP contribution is 2.16.